The minimum Gasteiger partial charge on any atom is -0.543 e. The highest BCUT2D eigenvalue weighted by Crippen LogP contribution is 2.51. The molecule has 2 amide bonds. The average Bonchev–Trinajstić information content (AvgIpc) is 3.41. The third-order valence-corrected chi connectivity index (χ3v) is 9.09. The number of carbonyl (C=O) groups excluding carboxylic acids is 3. The summed E-state index contributed by atoms with van der Waals surface area (Å²) in [6, 6.07) is -0.390. The predicted octanol–water partition coefficient (Wildman–Crippen LogP) is -1.24. The van der Waals surface area contributed by atoms with E-state index in [2.05, 4.69) is 5.32 Å². The van der Waals surface area contributed by atoms with Crippen LogP contribution in [0.5, 0.6) is 0 Å². The van der Waals surface area contributed by atoms with Crippen LogP contribution in [0.1, 0.15) is 18.7 Å². The summed E-state index contributed by atoms with van der Waals surface area (Å²) >= 11 is 2.96. The molecule has 2 aromatic rings. The van der Waals surface area contributed by atoms with Gasteiger partial charge < -0.3 is 30.1 Å². The molecule has 5 rings (SSSR count). The van der Waals surface area contributed by atoms with Gasteiger partial charge in [0, 0.05) is 37.7 Å². The summed E-state index contributed by atoms with van der Waals surface area (Å²) < 4.78 is 3.84. The van der Waals surface area contributed by atoms with E-state index < -0.39 is 24.0 Å². The van der Waals surface area contributed by atoms with Gasteiger partial charge in [-0.15, -0.1) is 0 Å². The summed E-state index contributed by atoms with van der Waals surface area (Å²) in [5.41, 5.74) is 0.460. The minimum absolute atomic E-state index is 0.0682. The number of carbonyl (C=O) groups is 3. The molecule has 2 fully saturated rings. The Balaban J connectivity index is 1.49. The molecule has 182 valence electrons. The Bertz CT molecular complexity index is 1210. The van der Waals surface area contributed by atoms with Crippen LogP contribution in [0.25, 0.3) is 10.4 Å². The van der Waals surface area contributed by atoms with Crippen molar-refractivity contribution in [1.29, 1.82) is 0 Å². The van der Waals surface area contributed by atoms with Gasteiger partial charge in [0.15, 0.2) is 6.54 Å². The van der Waals surface area contributed by atoms with Crippen LogP contribution in [-0.4, -0.2) is 81.7 Å². The molecule has 0 radical (unpaired) electrons. The van der Waals surface area contributed by atoms with Crippen molar-refractivity contribution in [3.05, 3.63) is 23.1 Å². The average molecular weight is 506 g/mol. The van der Waals surface area contributed by atoms with E-state index in [1.165, 1.54) is 28.0 Å². The zero-order chi connectivity index (χ0) is 24.3. The lowest BCUT2D eigenvalue weighted by molar-refractivity contribution is -0.718. The summed E-state index contributed by atoms with van der Waals surface area (Å²) in [5.74, 6) is -2.57. The summed E-state index contributed by atoms with van der Waals surface area (Å²) in [6.07, 6.45) is 4.81. The van der Waals surface area contributed by atoms with Crippen molar-refractivity contribution in [2.75, 3.05) is 32.4 Å². The number of fused-ring (bicyclic) bond motifs is 2. The van der Waals surface area contributed by atoms with Crippen LogP contribution in [0.15, 0.2) is 23.2 Å². The quantitative estimate of drug-likeness (QED) is 0.286. The second kappa shape index (κ2) is 8.67. The second-order valence-corrected chi connectivity index (χ2v) is 10.8. The normalized spacial score (nSPS) is 25.6. The van der Waals surface area contributed by atoms with Gasteiger partial charge in [-0.25, -0.2) is 4.57 Å². The smallest absolute Gasteiger partial charge is 0.264 e. The first-order valence-electron chi connectivity index (χ1n) is 11.3. The fourth-order valence-corrected chi connectivity index (χ4v) is 7.60. The monoisotopic (exact) mass is 505 g/mol. The number of aliphatic hydroxyl groups is 1. The number of thiazole rings is 1. The number of imidazole rings is 1. The van der Waals surface area contributed by atoms with Gasteiger partial charge in [0.1, 0.15) is 6.20 Å². The van der Waals surface area contributed by atoms with E-state index in [0.29, 0.717) is 18.7 Å². The van der Waals surface area contributed by atoms with Gasteiger partial charge >= 0.3 is 0 Å². The fourth-order valence-electron chi connectivity index (χ4n) is 5.42. The van der Waals surface area contributed by atoms with Gasteiger partial charge in [-0.2, -0.15) is 4.40 Å². The van der Waals surface area contributed by atoms with Crippen molar-refractivity contribution < 1.29 is 29.2 Å². The van der Waals surface area contributed by atoms with Crippen molar-refractivity contribution >= 4 is 51.3 Å². The number of aliphatic hydroxyl groups excluding tert-OH is 1. The molecule has 0 unspecified atom stereocenters. The molecule has 0 saturated carbocycles. The maximum atomic E-state index is 12.8. The van der Waals surface area contributed by atoms with Gasteiger partial charge in [0.2, 0.25) is 15.8 Å². The van der Waals surface area contributed by atoms with Gasteiger partial charge in [-0.3, -0.25) is 9.59 Å². The van der Waals surface area contributed by atoms with Crippen molar-refractivity contribution in [2.45, 2.75) is 37.6 Å². The number of nitrogens with one attached hydrogen (secondary N) is 1. The van der Waals surface area contributed by atoms with Crippen LogP contribution in [0, 0.1) is 11.8 Å². The Hall–Kier alpha value is -2.41. The van der Waals surface area contributed by atoms with Crippen LogP contribution >= 0.6 is 23.1 Å². The number of amides is 2. The molecule has 34 heavy (non-hydrogen) atoms. The Morgan fingerprint density at radius 1 is 1.38 bits per heavy atom. The lowest BCUT2D eigenvalue weighted by Crippen LogP contribution is -2.64. The van der Waals surface area contributed by atoms with Gasteiger partial charge in [-0.05, 0) is 13.2 Å². The van der Waals surface area contributed by atoms with Gasteiger partial charge in [0.25, 0.3) is 12.2 Å². The Labute approximate surface area is 204 Å². The topological polar surface area (TPSA) is 121 Å². The molecule has 0 aromatic carbocycles. The number of carboxylic acids is 1. The van der Waals surface area contributed by atoms with Crippen molar-refractivity contribution in [2.24, 2.45) is 11.8 Å². The van der Waals surface area contributed by atoms with Gasteiger partial charge in [0.05, 0.1) is 34.6 Å². The zero-order valence-electron chi connectivity index (χ0n) is 19.2. The first kappa shape index (κ1) is 23.3. The van der Waals surface area contributed by atoms with E-state index in [4.69, 9.17) is 0 Å². The fraction of sp³-hybridized carbons (Fsp3) is 0.545. The SMILES string of the molecule is CSc1c2sc(C3=C(C(=O)[O-])N4C(=O)[C@H]([C@@H](C)O)[C@H]4[C@H]3C)cn2c[n+]1CC(=O)N1CCNCC1. The zero-order valence-corrected chi connectivity index (χ0v) is 20.8. The van der Waals surface area contributed by atoms with Crippen LogP contribution in [-0.2, 0) is 20.9 Å². The van der Waals surface area contributed by atoms with Crippen molar-refractivity contribution in [1.82, 2.24) is 19.5 Å². The largest absolute Gasteiger partial charge is 0.543 e. The molecule has 5 heterocycles. The number of hydrogen-bond acceptors (Lipinski definition) is 8. The Morgan fingerprint density at radius 3 is 2.71 bits per heavy atom. The number of carboxylic acid groups (broad SMARTS) is 1. The molecule has 3 aliphatic rings. The van der Waals surface area contributed by atoms with E-state index in [1.54, 1.807) is 6.92 Å². The van der Waals surface area contributed by atoms with Crippen LogP contribution < -0.4 is 15.0 Å². The number of hydrogen-bond donors (Lipinski definition) is 2. The van der Waals surface area contributed by atoms with E-state index in [0.717, 1.165) is 27.8 Å². The van der Waals surface area contributed by atoms with Crippen LogP contribution in [0.4, 0.5) is 0 Å². The number of nitrogens with zero attached hydrogens (tertiary/aromatic N) is 4. The Morgan fingerprint density at radius 2 is 2.09 bits per heavy atom. The summed E-state index contributed by atoms with van der Waals surface area (Å²) in [4.78, 5) is 42.3. The van der Waals surface area contributed by atoms with Crippen molar-refractivity contribution in [3.63, 3.8) is 0 Å². The number of aliphatic carboxylic acids is 1. The first-order chi connectivity index (χ1) is 16.2. The lowest BCUT2D eigenvalue weighted by atomic mass is 9.77. The molecule has 12 heteroatoms. The summed E-state index contributed by atoms with van der Waals surface area (Å²) in [6.45, 7) is 6.68. The van der Waals surface area contributed by atoms with Gasteiger partial charge in [-0.1, -0.05) is 30.0 Å². The van der Waals surface area contributed by atoms with E-state index in [9.17, 15) is 24.6 Å². The highest BCUT2D eigenvalue weighted by Gasteiger charge is 2.59. The third-order valence-electron chi connectivity index (χ3n) is 7.00. The lowest BCUT2D eigenvalue weighted by Gasteiger charge is -2.47. The Kier molecular flexibility index (Phi) is 5.95. The van der Waals surface area contributed by atoms with Crippen LogP contribution in [0.2, 0.25) is 0 Å². The number of thioether (sulfide) groups is 1. The third kappa shape index (κ3) is 3.46. The van der Waals surface area contributed by atoms with Crippen molar-refractivity contribution in [3.8, 4) is 0 Å². The molecule has 2 aromatic heterocycles. The standard InChI is InChI=1S/C22H27N5O5S2/c1-11-15(18(22(31)32)27-17(11)16(12(2)28)19(27)30)13-8-25-10-26(20(33-3)21(25)34-13)9-14(29)24-6-4-23-5-7-24/h8,10-12,16-17,23,28H,4-7,9H2,1-3H3/t11-,12+,16+,17+/m0/s1. The highest BCUT2D eigenvalue weighted by molar-refractivity contribution is 7.98. The number of aromatic nitrogens is 2. The number of piperazine rings is 1. The number of β-lactam (4-membered cyclic amide) rings is 1. The van der Waals surface area contributed by atoms with E-state index in [-0.39, 0.29) is 30.0 Å². The predicted molar refractivity (Wildman–Crippen MR) is 124 cm³/mol. The summed E-state index contributed by atoms with van der Waals surface area (Å²) in [7, 11) is 0. The van der Waals surface area contributed by atoms with E-state index in [1.807, 2.05) is 39.6 Å². The molecule has 2 N–H and O–H groups in total. The molecule has 0 aliphatic carbocycles. The molecule has 2 saturated heterocycles. The van der Waals surface area contributed by atoms with Crippen LogP contribution in [0.3, 0.4) is 0 Å². The molecule has 0 bridgehead atoms. The maximum Gasteiger partial charge on any atom is 0.264 e. The minimum atomic E-state index is -1.39. The summed E-state index contributed by atoms with van der Waals surface area (Å²) in [5, 5.41) is 26.3. The molecule has 4 atom stereocenters. The highest BCUT2D eigenvalue weighted by atomic mass is 32.2. The molecular weight excluding hydrogens is 478 g/mol. The molecule has 0 spiro atoms. The molecule has 10 nitrogen and oxygen atoms in total. The second-order valence-electron chi connectivity index (χ2n) is 8.99. The number of rotatable bonds is 6. The first-order valence-corrected chi connectivity index (χ1v) is 13.3. The molecular formula is C22H27N5O5S2. The van der Waals surface area contributed by atoms with E-state index >= 15 is 0 Å². The maximum absolute atomic E-state index is 12.8. The molecule has 3 aliphatic heterocycles.